The Kier molecular flexibility index (Phi) is 2.22. The molecule has 2 aliphatic heterocycles. The molecule has 2 aliphatic rings. The molecular formula is C16H12N2O2. The number of aliphatic hydroxyl groups excluding tert-OH is 1. The first kappa shape index (κ1) is 11.3. The average molecular weight is 264 g/mol. The summed E-state index contributed by atoms with van der Waals surface area (Å²) in [4.78, 5) is 13.8. The lowest BCUT2D eigenvalue weighted by Gasteiger charge is -2.39. The van der Waals surface area contributed by atoms with Gasteiger partial charge in [0, 0.05) is 5.56 Å². The van der Waals surface area contributed by atoms with E-state index in [1.54, 1.807) is 11.0 Å². The number of hydrogen-bond donors (Lipinski definition) is 2. The monoisotopic (exact) mass is 264 g/mol. The van der Waals surface area contributed by atoms with Crippen LogP contribution in [0.3, 0.4) is 0 Å². The van der Waals surface area contributed by atoms with Gasteiger partial charge < -0.3 is 10.4 Å². The Morgan fingerprint density at radius 3 is 2.70 bits per heavy atom. The fourth-order valence-electron chi connectivity index (χ4n) is 2.78. The first-order chi connectivity index (χ1) is 9.75. The van der Waals surface area contributed by atoms with Crippen LogP contribution in [0.2, 0.25) is 0 Å². The molecule has 0 aliphatic carbocycles. The molecule has 4 heteroatoms. The zero-order valence-electron chi connectivity index (χ0n) is 10.6. The number of amides is 1. The number of anilines is 1. The van der Waals surface area contributed by atoms with Crippen LogP contribution >= 0.6 is 0 Å². The number of rotatable bonds is 0. The van der Waals surface area contributed by atoms with Crippen LogP contribution in [-0.2, 0) is 0 Å². The Bertz CT molecular complexity index is 752. The zero-order valence-corrected chi connectivity index (χ0v) is 10.6. The normalized spacial score (nSPS) is 19.4. The van der Waals surface area contributed by atoms with Gasteiger partial charge in [-0.2, -0.15) is 0 Å². The third kappa shape index (κ3) is 1.42. The molecule has 2 heterocycles. The van der Waals surface area contributed by atoms with E-state index in [4.69, 9.17) is 0 Å². The van der Waals surface area contributed by atoms with Gasteiger partial charge in [0.1, 0.15) is 5.82 Å². The maximum absolute atomic E-state index is 12.1. The van der Waals surface area contributed by atoms with Gasteiger partial charge in [0.05, 0.1) is 11.3 Å². The predicted molar refractivity (Wildman–Crippen MR) is 75.8 cm³/mol. The topological polar surface area (TPSA) is 52.6 Å². The molecule has 0 aromatic heterocycles. The van der Waals surface area contributed by atoms with Gasteiger partial charge in [-0.25, -0.2) is 0 Å². The van der Waals surface area contributed by atoms with E-state index in [1.807, 2.05) is 48.5 Å². The standard InChI is InChI=1S/C16H12N2O2/c19-15-12-7-3-4-8-13(12)18-14(17-15)9-10-5-1-2-6-11(10)16(18)20/h1-9,16,20H,(H,17,19). The van der Waals surface area contributed by atoms with Crippen LogP contribution in [0.4, 0.5) is 5.69 Å². The minimum Gasteiger partial charge on any atom is -0.369 e. The van der Waals surface area contributed by atoms with Crippen molar-refractivity contribution in [1.82, 2.24) is 5.32 Å². The lowest BCUT2D eigenvalue weighted by Crippen LogP contribution is -2.44. The predicted octanol–water partition coefficient (Wildman–Crippen LogP) is 2.24. The highest BCUT2D eigenvalue weighted by molar-refractivity contribution is 6.04. The fraction of sp³-hybridized carbons (Fsp3) is 0.0625. The average Bonchev–Trinajstić information content (AvgIpc) is 2.47. The largest absolute Gasteiger partial charge is 0.369 e. The number of carbonyl (C=O) groups is 1. The van der Waals surface area contributed by atoms with Gasteiger partial charge in [-0.1, -0.05) is 36.4 Å². The molecule has 4 nitrogen and oxygen atoms in total. The van der Waals surface area contributed by atoms with E-state index in [0.717, 1.165) is 16.8 Å². The Balaban J connectivity index is 1.96. The smallest absolute Gasteiger partial charge is 0.258 e. The summed E-state index contributed by atoms with van der Waals surface area (Å²) in [6, 6.07) is 14.9. The highest BCUT2D eigenvalue weighted by atomic mass is 16.3. The molecule has 1 amide bonds. The second-order valence-electron chi connectivity index (χ2n) is 4.87. The van der Waals surface area contributed by atoms with Crippen molar-refractivity contribution in [3.63, 3.8) is 0 Å². The second kappa shape index (κ2) is 3.95. The summed E-state index contributed by atoms with van der Waals surface area (Å²) in [7, 11) is 0. The second-order valence-corrected chi connectivity index (χ2v) is 4.87. The molecule has 2 N–H and O–H groups in total. The van der Waals surface area contributed by atoms with Crippen molar-refractivity contribution in [3.8, 4) is 0 Å². The van der Waals surface area contributed by atoms with Crippen LogP contribution < -0.4 is 10.2 Å². The van der Waals surface area contributed by atoms with Crippen LogP contribution in [0.5, 0.6) is 0 Å². The van der Waals surface area contributed by atoms with Gasteiger partial charge in [0.15, 0.2) is 6.23 Å². The maximum Gasteiger partial charge on any atom is 0.258 e. The third-order valence-electron chi connectivity index (χ3n) is 3.72. The zero-order chi connectivity index (χ0) is 13.7. The van der Waals surface area contributed by atoms with Crippen LogP contribution in [0.25, 0.3) is 6.08 Å². The lowest BCUT2D eigenvalue weighted by atomic mass is 9.98. The number of nitrogens with one attached hydrogen (secondary N) is 1. The molecule has 0 saturated heterocycles. The van der Waals surface area contributed by atoms with E-state index in [0.29, 0.717) is 11.4 Å². The van der Waals surface area contributed by atoms with Crippen LogP contribution in [0, 0.1) is 0 Å². The van der Waals surface area contributed by atoms with Crippen molar-refractivity contribution in [3.05, 3.63) is 71.0 Å². The van der Waals surface area contributed by atoms with Crippen molar-refractivity contribution in [2.24, 2.45) is 0 Å². The van der Waals surface area contributed by atoms with Crippen molar-refractivity contribution < 1.29 is 9.90 Å². The minimum atomic E-state index is -0.798. The minimum absolute atomic E-state index is 0.144. The van der Waals surface area contributed by atoms with E-state index in [1.165, 1.54) is 0 Å². The summed E-state index contributed by atoms with van der Waals surface area (Å²) in [6.45, 7) is 0. The third-order valence-corrected chi connectivity index (χ3v) is 3.72. The van der Waals surface area contributed by atoms with Gasteiger partial charge >= 0.3 is 0 Å². The molecule has 0 saturated carbocycles. The van der Waals surface area contributed by atoms with Crippen LogP contribution in [0.15, 0.2) is 54.4 Å². The molecule has 20 heavy (non-hydrogen) atoms. The SMILES string of the molecule is O=C1NC2=Cc3ccccc3C(O)N2c2ccccc21. The van der Waals surface area contributed by atoms with E-state index in [9.17, 15) is 9.90 Å². The number of carbonyl (C=O) groups excluding carboxylic acids is 1. The number of para-hydroxylation sites is 1. The first-order valence-corrected chi connectivity index (χ1v) is 6.44. The fourth-order valence-corrected chi connectivity index (χ4v) is 2.78. The molecule has 98 valence electrons. The van der Waals surface area contributed by atoms with Gasteiger partial charge in [0.2, 0.25) is 0 Å². The van der Waals surface area contributed by atoms with Gasteiger partial charge in [0.25, 0.3) is 5.91 Å². The Labute approximate surface area is 116 Å². The Hall–Kier alpha value is -2.59. The summed E-state index contributed by atoms with van der Waals surface area (Å²) in [5.74, 6) is 0.467. The molecule has 2 aromatic rings. The highest BCUT2D eigenvalue weighted by Gasteiger charge is 2.34. The molecular weight excluding hydrogens is 252 g/mol. The summed E-state index contributed by atoms with van der Waals surface area (Å²) in [5, 5.41) is 13.5. The number of nitrogens with zero attached hydrogens (tertiary/aromatic N) is 1. The molecule has 2 aromatic carbocycles. The van der Waals surface area contributed by atoms with E-state index in [-0.39, 0.29) is 5.91 Å². The molecule has 1 atom stereocenters. The summed E-state index contributed by atoms with van der Waals surface area (Å²) in [6.07, 6.45) is 1.09. The molecule has 0 fully saturated rings. The molecule has 0 radical (unpaired) electrons. The Morgan fingerprint density at radius 1 is 1.05 bits per heavy atom. The van der Waals surface area contributed by atoms with Crippen molar-refractivity contribution in [1.29, 1.82) is 0 Å². The maximum atomic E-state index is 12.1. The number of fused-ring (bicyclic) bond motifs is 4. The van der Waals surface area contributed by atoms with Gasteiger partial charge in [-0.3, -0.25) is 9.69 Å². The highest BCUT2D eigenvalue weighted by Crippen LogP contribution is 2.39. The Morgan fingerprint density at radius 2 is 1.80 bits per heavy atom. The van der Waals surface area contributed by atoms with Crippen LogP contribution in [-0.4, -0.2) is 11.0 Å². The van der Waals surface area contributed by atoms with Crippen molar-refractivity contribution in [2.75, 3.05) is 4.90 Å². The summed E-state index contributed by atoms with van der Waals surface area (Å²) >= 11 is 0. The van der Waals surface area contributed by atoms with Gasteiger partial charge in [-0.15, -0.1) is 0 Å². The summed E-state index contributed by atoms with van der Waals surface area (Å²) in [5.41, 5.74) is 3.06. The van der Waals surface area contributed by atoms with E-state index in [2.05, 4.69) is 5.32 Å². The molecule has 0 bridgehead atoms. The van der Waals surface area contributed by atoms with Gasteiger partial charge in [-0.05, 0) is 23.8 Å². The number of hydrogen-bond acceptors (Lipinski definition) is 3. The molecule has 4 rings (SSSR count). The van der Waals surface area contributed by atoms with Crippen molar-refractivity contribution >= 4 is 17.7 Å². The van der Waals surface area contributed by atoms with E-state index < -0.39 is 6.23 Å². The quantitative estimate of drug-likeness (QED) is 0.767. The van der Waals surface area contributed by atoms with E-state index >= 15 is 0 Å². The van der Waals surface area contributed by atoms with Crippen LogP contribution in [0.1, 0.15) is 27.7 Å². The van der Waals surface area contributed by atoms with Crippen molar-refractivity contribution in [2.45, 2.75) is 6.23 Å². The first-order valence-electron chi connectivity index (χ1n) is 6.44. The number of aliphatic hydroxyl groups is 1. The lowest BCUT2D eigenvalue weighted by molar-refractivity contribution is 0.0950. The molecule has 1 unspecified atom stereocenters. The summed E-state index contributed by atoms with van der Waals surface area (Å²) < 4.78 is 0. The number of benzene rings is 2. The molecule has 0 spiro atoms.